The molecule has 19 heavy (non-hydrogen) atoms. The van der Waals surface area contributed by atoms with Crippen molar-refractivity contribution in [2.24, 2.45) is 5.41 Å². The number of nitrogens with one attached hydrogen (secondary N) is 1. The number of thiophene rings is 1. The molecule has 4 heteroatoms. The van der Waals surface area contributed by atoms with Gasteiger partial charge in [0.15, 0.2) is 0 Å². The molecule has 1 saturated heterocycles. The fourth-order valence-electron chi connectivity index (χ4n) is 2.77. The zero-order valence-corrected chi connectivity index (χ0v) is 13.1. The molecule has 1 aromatic rings. The molecule has 1 aliphatic heterocycles. The van der Waals surface area contributed by atoms with Crippen LogP contribution in [0, 0.1) is 5.41 Å². The lowest BCUT2D eigenvalue weighted by atomic mass is 9.86. The van der Waals surface area contributed by atoms with Gasteiger partial charge in [-0.05, 0) is 38.4 Å². The maximum absolute atomic E-state index is 5.66. The Morgan fingerprint density at radius 2 is 2.42 bits per heavy atom. The van der Waals surface area contributed by atoms with Crippen molar-refractivity contribution in [3.05, 3.63) is 22.4 Å². The summed E-state index contributed by atoms with van der Waals surface area (Å²) in [6, 6.07) is 4.85. The summed E-state index contributed by atoms with van der Waals surface area (Å²) in [5.41, 5.74) is 0.288. The van der Waals surface area contributed by atoms with Crippen LogP contribution in [0.3, 0.4) is 0 Å². The van der Waals surface area contributed by atoms with Crippen LogP contribution in [-0.2, 0) is 4.74 Å². The first-order valence-corrected chi connectivity index (χ1v) is 8.07. The standard InChI is InChI=1S/C15H26N2OS/c1-4-16-10-15(7-8-18-12-15)11-17(3)13(2)14-6-5-9-19-14/h5-6,9,13,16H,4,7-8,10-12H2,1-3H3. The molecule has 0 saturated carbocycles. The van der Waals surface area contributed by atoms with Crippen LogP contribution in [0.5, 0.6) is 0 Å². The molecule has 0 radical (unpaired) electrons. The Morgan fingerprint density at radius 1 is 1.58 bits per heavy atom. The quantitative estimate of drug-likeness (QED) is 0.832. The largest absolute Gasteiger partial charge is 0.381 e. The average Bonchev–Trinajstić information content (AvgIpc) is 3.07. The van der Waals surface area contributed by atoms with E-state index in [1.807, 2.05) is 11.3 Å². The van der Waals surface area contributed by atoms with E-state index in [4.69, 9.17) is 4.74 Å². The third-order valence-corrected chi connectivity index (χ3v) is 5.18. The molecule has 2 atom stereocenters. The first-order chi connectivity index (χ1) is 9.17. The molecular formula is C15H26N2OS. The van der Waals surface area contributed by atoms with Gasteiger partial charge in [0.05, 0.1) is 6.61 Å². The molecule has 1 aromatic heterocycles. The molecular weight excluding hydrogens is 256 g/mol. The van der Waals surface area contributed by atoms with Crippen LogP contribution in [-0.4, -0.2) is 44.8 Å². The van der Waals surface area contributed by atoms with Crippen LogP contribution in [0.1, 0.15) is 31.2 Å². The second-order valence-corrected chi connectivity index (χ2v) is 6.67. The average molecular weight is 282 g/mol. The Labute approximate surface area is 121 Å². The lowest BCUT2D eigenvalue weighted by molar-refractivity contribution is 0.105. The van der Waals surface area contributed by atoms with Crippen molar-refractivity contribution in [2.75, 3.05) is 39.9 Å². The highest BCUT2D eigenvalue weighted by Crippen LogP contribution is 2.32. The van der Waals surface area contributed by atoms with Crippen molar-refractivity contribution in [2.45, 2.75) is 26.3 Å². The van der Waals surface area contributed by atoms with Crippen LogP contribution in [0.15, 0.2) is 17.5 Å². The minimum absolute atomic E-state index is 0.288. The zero-order chi connectivity index (χ0) is 13.7. The van der Waals surface area contributed by atoms with Gasteiger partial charge >= 0.3 is 0 Å². The molecule has 108 valence electrons. The second kappa shape index (κ2) is 6.84. The van der Waals surface area contributed by atoms with Gasteiger partial charge in [-0.15, -0.1) is 11.3 Å². The molecule has 2 rings (SSSR count). The van der Waals surface area contributed by atoms with Crippen molar-refractivity contribution in [1.29, 1.82) is 0 Å². The lowest BCUT2D eigenvalue weighted by Crippen LogP contribution is -2.44. The highest BCUT2D eigenvalue weighted by atomic mass is 32.1. The molecule has 2 heterocycles. The van der Waals surface area contributed by atoms with E-state index in [0.717, 1.165) is 32.8 Å². The van der Waals surface area contributed by atoms with E-state index < -0.39 is 0 Å². The Kier molecular flexibility index (Phi) is 5.39. The number of nitrogens with zero attached hydrogens (tertiary/aromatic N) is 1. The van der Waals surface area contributed by atoms with E-state index >= 15 is 0 Å². The Bertz CT molecular complexity index is 360. The summed E-state index contributed by atoms with van der Waals surface area (Å²) < 4.78 is 5.66. The van der Waals surface area contributed by atoms with Gasteiger partial charge in [-0.2, -0.15) is 0 Å². The zero-order valence-electron chi connectivity index (χ0n) is 12.3. The molecule has 0 spiro atoms. The van der Waals surface area contributed by atoms with Gasteiger partial charge < -0.3 is 10.1 Å². The van der Waals surface area contributed by atoms with Crippen molar-refractivity contribution in [3.8, 4) is 0 Å². The maximum Gasteiger partial charge on any atom is 0.0547 e. The number of hydrogen-bond acceptors (Lipinski definition) is 4. The van der Waals surface area contributed by atoms with Crippen LogP contribution in [0.4, 0.5) is 0 Å². The molecule has 2 unspecified atom stereocenters. The predicted molar refractivity (Wildman–Crippen MR) is 81.8 cm³/mol. The highest BCUT2D eigenvalue weighted by Gasteiger charge is 2.36. The van der Waals surface area contributed by atoms with E-state index in [1.54, 1.807) is 0 Å². The number of hydrogen-bond donors (Lipinski definition) is 1. The van der Waals surface area contributed by atoms with Crippen LogP contribution < -0.4 is 5.32 Å². The number of rotatable bonds is 7. The van der Waals surface area contributed by atoms with Crippen LogP contribution >= 0.6 is 11.3 Å². The van der Waals surface area contributed by atoms with Crippen LogP contribution in [0.2, 0.25) is 0 Å². The molecule has 1 N–H and O–H groups in total. The summed E-state index contributed by atoms with van der Waals surface area (Å²) in [5.74, 6) is 0. The van der Waals surface area contributed by atoms with E-state index in [2.05, 4.69) is 48.6 Å². The van der Waals surface area contributed by atoms with Crippen molar-refractivity contribution in [1.82, 2.24) is 10.2 Å². The molecule has 3 nitrogen and oxygen atoms in total. The van der Waals surface area contributed by atoms with Crippen molar-refractivity contribution >= 4 is 11.3 Å². The normalized spacial score (nSPS) is 25.1. The summed E-state index contributed by atoms with van der Waals surface area (Å²) >= 11 is 1.85. The topological polar surface area (TPSA) is 24.5 Å². The Morgan fingerprint density at radius 3 is 3.00 bits per heavy atom. The molecule has 0 bridgehead atoms. The summed E-state index contributed by atoms with van der Waals surface area (Å²) in [7, 11) is 2.23. The minimum atomic E-state index is 0.288. The molecule has 1 aliphatic rings. The van der Waals surface area contributed by atoms with E-state index in [1.165, 1.54) is 11.3 Å². The van der Waals surface area contributed by atoms with Gasteiger partial charge in [-0.1, -0.05) is 13.0 Å². The van der Waals surface area contributed by atoms with Gasteiger partial charge in [-0.3, -0.25) is 4.90 Å². The van der Waals surface area contributed by atoms with Gasteiger partial charge in [0.2, 0.25) is 0 Å². The first-order valence-electron chi connectivity index (χ1n) is 7.19. The van der Waals surface area contributed by atoms with Gasteiger partial charge in [-0.25, -0.2) is 0 Å². The molecule has 0 aromatic carbocycles. The smallest absolute Gasteiger partial charge is 0.0547 e. The van der Waals surface area contributed by atoms with Crippen molar-refractivity contribution < 1.29 is 4.74 Å². The number of ether oxygens (including phenoxy) is 1. The first kappa shape index (κ1) is 15.0. The van der Waals surface area contributed by atoms with E-state index in [0.29, 0.717) is 6.04 Å². The summed E-state index contributed by atoms with van der Waals surface area (Å²) in [5, 5.41) is 5.67. The van der Waals surface area contributed by atoms with Crippen LogP contribution in [0.25, 0.3) is 0 Å². The fourth-order valence-corrected chi connectivity index (χ4v) is 3.62. The summed E-state index contributed by atoms with van der Waals surface area (Å²) in [6.07, 6.45) is 1.17. The van der Waals surface area contributed by atoms with Crippen molar-refractivity contribution in [3.63, 3.8) is 0 Å². The monoisotopic (exact) mass is 282 g/mol. The van der Waals surface area contributed by atoms with Gasteiger partial charge in [0.25, 0.3) is 0 Å². The molecule has 1 fully saturated rings. The maximum atomic E-state index is 5.66. The van der Waals surface area contributed by atoms with E-state index in [-0.39, 0.29) is 5.41 Å². The molecule has 0 amide bonds. The minimum Gasteiger partial charge on any atom is -0.381 e. The summed E-state index contributed by atoms with van der Waals surface area (Å²) in [4.78, 5) is 3.91. The SMILES string of the molecule is CCNCC1(CN(C)C(C)c2cccs2)CCOC1. The molecule has 0 aliphatic carbocycles. The third-order valence-electron chi connectivity index (χ3n) is 4.14. The highest BCUT2D eigenvalue weighted by molar-refractivity contribution is 7.10. The van der Waals surface area contributed by atoms with E-state index in [9.17, 15) is 0 Å². The Balaban J connectivity index is 1.96. The van der Waals surface area contributed by atoms with Gasteiger partial charge in [0, 0.05) is 36.0 Å². The lowest BCUT2D eigenvalue weighted by Gasteiger charge is -2.35. The Hall–Kier alpha value is -0.420. The third kappa shape index (κ3) is 3.78. The van der Waals surface area contributed by atoms with Gasteiger partial charge in [0.1, 0.15) is 0 Å². The fraction of sp³-hybridized carbons (Fsp3) is 0.733. The second-order valence-electron chi connectivity index (χ2n) is 5.69. The summed E-state index contributed by atoms with van der Waals surface area (Å²) in [6.45, 7) is 9.45. The predicted octanol–water partition coefficient (Wildman–Crippen LogP) is 2.76.